The number of likely N-dealkylation sites (tertiary alicyclic amines) is 1. The number of rotatable bonds is 7. The van der Waals surface area contributed by atoms with Gasteiger partial charge in [0.25, 0.3) is 0 Å². The van der Waals surface area contributed by atoms with Gasteiger partial charge < -0.3 is 25.6 Å². The fourth-order valence-electron chi connectivity index (χ4n) is 3.28. The Kier molecular flexibility index (Phi) is 11.8. The molecule has 0 radical (unpaired) electrons. The molecule has 32 heavy (non-hydrogen) atoms. The van der Waals surface area contributed by atoms with Crippen LogP contribution in [0.3, 0.4) is 0 Å². The molecular formula is C23H38IN5O3. The van der Waals surface area contributed by atoms with Crippen LogP contribution in [-0.4, -0.2) is 54.1 Å². The minimum Gasteiger partial charge on any atom is -0.444 e. The topological polar surface area (TPSA) is 95.1 Å². The highest BCUT2D eigenvalue weighted by atomic mass is 127. The number of guanidine groups is 1. The van der Waals surface area contributed by atoms with E-state index >= 15 is 0 Å². The van der Waals surface area contributed by atoms with Crippen molar-refractivity contribution in [3.05, 3.63) is 29.8 Å². The Balaban J connectivity index is 0.00000512. The molecule has 0 aromatic heterocycles. The van der Waals surface area contributed by atoms with Gasteiger partial charge in [0.15, 0.2) is 5.96 Å². The van der Waals surface area contributed by atoms with Crippen LogP contribution in [0.4, 0.5) is 10.5 Å². The second kappa shape index (κ2) is 13.5. The van der Waals surface area contributed by atoms with Crippen LogP contribution in [0.5, 0.6) is 0 Å². The second-order valence-electron chi connectivity index (χ2n) is 8.74. The Labute approximate surface area is 209 Å². The van der Waals surface area contributed by atoms with Gasteiger partial charge in [-0.25, -0.2) is 9.79 Å². The van der Waals surface area contributed by atoms with E-state index in [2.05, 4.69) is 20.9 Å². The zero-order valence-corrected chi connectivity index (χ0v) is 22.2. The zero-order valence-electron chi connectivity index (χ0n) is 19.9. The number of amides is 2. The molecule has 1 aromatic carbocycles. The summed E-state index contributed by atoms with van der Waals surface area (Å²) >= 11 is 0. The third-order valence-corrected chi connectivity index (χ3v) is 4.67. The van der Waals surface area contributed by atoms with E-state index in [0.29, 0.717) is 19.5 Å². The highest BCUT2D eigenvalue weighted by Gasteiger charge is 2.27. The molecule has 1 aliphatic heterocycles. The molecule has 3 N–H and O–H groups in total. The van der Waals surface area contributed by atoms with E-state index < -0.39 is 5.60 Å². The number of alkyl carbamates (subject to hydrolysis) is 1. The Morgan fingerprint density at radius 3 is 2.47 bits per heavy atom. The van der Waals surface area contributed by atoms with Crippen molar-refractivity contribution in [2.75, 3.05) is 25.0 Å². The predicted molar refractivity (Wildman–Crippen MR) is 140 cm³/mol. The number of ether oxygens (including phenoxy) is 1. The highest BCUT2D eigenvalue weighted by molar-refractivity contribution is 14.0. The van der Waals surface area contributed by atoms with E-state index in [0.717, 1.165) is 43.1 Å². The maximum atomic E-state index is 12.0. The lowest BCUT2D eigenvalue weighted by atomic mass is 10.2. The van der Waals surface area contributed by atoms with Crippen molar-refractivity contribution in [2.45, 2.75) is 72.1 Å². The number of hydrogen-bond donors (Lipinski definition) is 3. The van der Waals surface area contributed by atoms with Gasteiger partial charge in [-0.3, -0.25) is 4.79 Å². The summed E-state index contributed by atoms with van der Waals surface area (Å²) in [5, 5.41) is 9.17. The quantitative estimate of drug-likeness (QED) is 0.266. The predicted octanol–water partition coefficient (Wildman–Crippen LogP) is 4.11. The summed E-state index contributed by atoms with van der Waals surface area (Å²) in [6, 6.07) is 7.80. The molecule has 180 valence electrons. The summed E-state index contributed by atoms with van der Waals surface area (Å²) in [4.78, 5) is 30.7. The van der Waals surface area contributed by atoms with Gasteiger partial charge in [0.05, 0.1) is 12.6 Å². The molecule has 8 nitrogen and oxygen atoms in total. The SMILES string of the molecule is CCCC(=O)Nc1ccc(CN=C(NCC)N2CCC(NC(=O)OC(C)(C)C)C2)cc1.I. The van der Waals surface area contributed by atoms with Crippen molar-refractivity contribution in [1.29, 1.82) is 0 Å². The van der Waals surface area contributed by atoms with Crippen LogP contribution in [0.2, 0.25) is 0 Å². The molecule has 9 heteroatoms. The van der Waals surface area contributed by atoms with Crippen LogP contribution in [0.25, 0.3) is 0 Å². The molecule has 1 unspecified atom stereocenters. The van der Waals surface area contributed by atoms with E-state index in [-0.39, 0.29) is 42.0 Å². The first kappa shape index (κ1) is 28.0. The summed E-state index contributed by atoms with van der Waals surface area (Å²) in [6.07, 6.45) is 1.82. The first-order valence-electron chi connectivity index (χ1n) is 11.1. The lowest BCUT2D eigenvalue weighted by Gasteiger charge is -2.23. The molecule has 1 aromatic rings. The van der Waals surface area contributed by atoms with Crippen molar-refractivity contribution in [3.8, 4) is 0 Å². The molecule has 1 saturated heterocycles. The minimum absolute atomic E-state index is 0. The normalized spacial score (nSPS) is 16.2. The number of carbonyl (C=O) groups is 2. The van der Waals surface area contributed by atoms with Crippen LogP contribution in [0, 0.1) is 0 Å². The van der Waals surface area contributed by atoms with Crippen molar-refractivity contribution >= 4 is 47.6 Å². The van der Waals surface area contributed by atoms with Gasteiger partial charge in [-0.05, 0) is 58.2 Å². The number of hydrogen-bond acceptors (Lipinski definition) is 4. The summed E-state index contributed by atoms with van der Waals surface area (Å²) < 4.78 is 5.35. The third-order valence-electron chi connectivity index (χ3n) is 4.67. The zero-order chi connectivity index (χ0) is 22.9. The summed E-state index contributed by atoms with van der Waals surface area (Å²) in [7, 11) is 0. The second-order valence-corrected chi connectivity index (χ2v) is 8.74. The summed E-state index contributed by atoms with van der Waals surface area (Å²) in [6.45, 7) is 12.4. The van der Waals surface area contributed by atoms with Crippen molar-refractivity contribution in [1.82, 2.24) is 15.5 Å². The molecule has 0 bridgehead atoms. The first-order chi connectivity index (χ1) is 14.7. The number of aliphatic imine (C=N–C) groups is 1. The summed E-state index contributed by atoms with van der Waals surface area (Å²) in [5.41, 5.74) is 1.35. The van der Waals surface area contributed by atoms with Gasteiger partial charge in [-0.2, -0.15) is 0 Å². The van der Waals surface area contributed by atoms with E-state index in [1.54, 1.807) is 0 Å². The van der Waals surface area contributed by atoms with Gasteiger partial charge in [0.2, 0.25) is 5.91 Å². The molecular weight excluding hydrogens is 521 g/mol. The lowest BCUT2D eigenvalue weighted by molar-refractivity contribution is -0.116. The molecule has 2 amide bonds. The van der Waals surface area contributed by atoms with E-state index in [4.69, 9.17) is 9.73 Å². The maximum absolute atomic E-state index is 12.0. The minimum atomic E-state index is -0.507. The monoisotopic (exact) mass is 559 g/mol. The van der Waals surface area contributed by atoms with Gasteiger partial charge in [0, 0.05) is 31.7 Å². The highest BCUT2D eigenvalue weighted by Crippen LogP contribution is 2.14. The standard InChI is InChI=1S/C23H37N5O3.HI/c1-6-8-20(29)26-18-11-9-17(10-12-18)15-25-21(24-7-2)28-14-13-19(16-28)27-22(30)31-23(3,4)5;/h9-12,19H,6-8,13-16H2,1-5H3,(H,24,25)(H,26,29)(H,27,30);1H. The van der Waals surface area contributed by atoms with Crippen LogP contribution in [0.1, 0.15) is 59.4 Å². The van der Waals surface area contributed by atoms with Gasteiger partial charge >= 0.3 is 6.09 Å². The van der Waals surface area contributed by atoms with Crippen molar-refractivity contribution in [2.24, 2.45) is 4.99 Å². The molecule has 1 heterocycles. The molecule has 1 fully saturated rings. The molecule has 0 spiro atoms. The molecule has 1 aliphatic rings. The Morgan fingerprint density at radius 1 is 1.19 bits per heavy atom. The number of benzene rings is 1. The molecule has 0 aliphatic carbocycles. The average Bonchev–Trinajstić information content (AvgIpc) is 3.13. The fraction of sp³-hybridized carbons (Fsp3) is 0.609. The Bertz CT molecular complexity index is 762. The summed E-state index contributed by atoms with van der Waals surface area (Å²) in [5.74, 6) is 0.864. The molecule has 1 atom stereocenters. The number of halogens is 1. The smallest absolute Gasteiger partial charge is 0.407 e. The van der Waals surface area contributed by atoms with Crippen LogP contribution in [0.15, 0.2) is 29.3 Å². The van der Waals surface area contributed by atoms with Crippen LogP contribution < -0.4 is 16.0 Å². The van der Waals surface area contributed by atoms with Crippen LogP contribution in [-0.2, 0) is 16.1 Å². The molecule has 0 saturated carbocycles. The van der Waals surface area contributed by atoms with Gasteiger partial charge in [-0.15, -0.1) is 24.0 Å². The lowest BCUT2D eigenvalue weighted by Crippen LogP contribution is -2.44. The van der Waals surface area contributed by atoms with E-state index in [1.807, 2.05) is 58.9 Å². The van der Waals surface area contributed by atoms with E-state index in [9.17, 15) is 9.59 Å². The number of nitrogens with one attached hydrogen (secondary N) is 3. The number of nitrogens with zero attached hydrogens (tertiary/aromatic N) is 2. The van der Waals surface area contributed by atoms with Gasteiger partial charge in [0.1, 0.15) is 5.60 Å². The average molecular weight is 559 g/mol. The Hall–Kier alpha value is -2.04. The number of carbonyl (C=O) groups excluding carboxylic acids is 2. The molecule has 2 rings (SSSR count). The van der Waals surface area contributed by atoms with Crippen LogP contribution >= 0.6 is 24.0 Å². The Morgan fingerprint density at radius 2 is 1.88 bits per heavy atom. The fourth-order valence-corrected chi connectivity index (χ4v) is 3.28. The number of anilines is 1. The van der Waals surface area contributed by atoms with Crippen molar-refractivity contribution in [3.63, 3.8) is 0 Å². The van der Waals surface area contributed by atoms with Crippen molar-refractivity contribution < 1.29 is 14.3 Å². The van der Waals surface area contributed by atoms with E-state index in [1.165, 1.54) is 0 Å². The largest absolute Gasteiger partial charge is 0.444 e. The third kappa shape index (κ3) is 10.1. The maximum Gasteiger partial charge on any atom is 0.407 e. The van der Waals surface area contributed by atoms with Gasteiger partial charge in [-0.1, -0.05) is 19.1 Å². The first-order valence-corrected chi connectivity index (χ1v) is 11.1.